The Labute approximate surface area is 190 Å². The summed E-state index contributed by atoms with van der Waals surface area (Å²) in [5, 5.41) is 12.0. The number of fused-ring (bicyclic) bond motifs is 2. The molecule has 4 aromatic rings. The van der Waals surface area contributed by atoms with Crippen LogP contribution in [0.25, 0.3) is 33.1 Å². The Bertz CT molecular complexity index is 1490. The topological polar surface area (TPSA) is 88.3 Å². The van der Waals surface area contributed by atoms with E-state index in [9.17, 15) is 14.7 Å². The molecule has 1 aliphatic carbocycles. The third kappa shape index (κ3) is 3.31. The molecule has 33 heavy (non-hydrogen) atoms. The van der Waals surface area contributed by atoms with Crippen LogP contribution in [0.2, 0.25) is 0 Å². The number of rotatable bonds is 2. The first-order valence-electron chi connectivity index (χ1n) is 11.3. The molecule has 1 aliphatic heterocycles. The van der Waals surface area contributed by atoms with Crippen molar-refractivity contribution in [3.63, 3.8) is 0 Å². The zero-order chi connectivity index (χ0) is 22.7. The van der Waals surface area contributed by atoms with Gasteiger partial charge in [-0.2, -0.15) is 0 Å². The summed E-state index contributed by atoms with van der Waals surface area (Å²) in [5.74, 6) is -0.0831. The van der Waals surface area contributed by atoms with E-state index < -0.39 is 6.10 Å². The lowest BCUT2D eigenvalue weighted by atomic mass is 9.90. The number of aliphatic hydroxyl groups is 1. The van der Waals surface area contributed by atoms with Gasteiger partial charge in [0, 0.05) is 42.8 Å². The van der Waals surface area contributed by atoms with E-state index in [1.807, 2.05) is 30.3 Å². The summed E-state index contributed by atoms with van der Waals surface area (Å²) < 4.78 is 1.56. The Balaban J connectivity index is 1.33. The van der Waals surface area contributed by atoms with Crippen LogP contribution in [0.5, 0.6) is 0 Å². The number of piperidine rings is 1. The molecule has 0 bridgehead atoms. The van der Waals surface area contributed by atoms with Crippen molar-refractivity contribution in [2.45, 2.75) is 25.4 Å². The van der Waals surface area contributed by atoms with E-state index in [1.54, 1.807) is 41.0 Å². The number of aryl methyl sites for hydroxylation is 1. The minimum Gasteiger partial charge on any atom is -0.391 e. The molecule has 3 heterocycles. The second-order valence-corrected chi connectivity index (χ2v) is 9.37. The number of likely N-dealkylation sites (tertiary alicyclic amines) is 1. The highest BCUT2D eigenvalue weighted by Crippen LogP contribution is 2.53. The first kappa shape index (κ1) is 20.1. The quantitative estimate of drug-likeness (QED) is 0.517. The van der Waals surface area contributed by atoms with Crippen molar-refractivity contribution in [1.29, 1.82) is 0 Å². The van der Waals surface area contributed by atoms with Gasteiger partial charge in [-0.15, -0.1) is 0 Å². The first-order valence-corrected chi connectivity index (χ1v) is 11.3. The lowest BCUT2D eigenvalue weighted by Crippen LogP contribution is -2.47. The summed E-state index contributed by atoms with van der Waals surface area (Å²) in [4.78, 5) is 36.5. The predicted octanol–water partition coefficient (Wildman–Crippen LogP) is 3.14. The summed E-state index contributed by atoms with van der Waals surface area (Å²) in [5.41, 5.74) is 3.45. The van der Waals surface area contributed by atoms with Crippen molar-refractivity contribution in [3.8, 4) is 11.3 Å². The largest absolute Gasteiger partial charge is 0.391 e. The number of carbonyl (C=O) groups excluding carboxylic acids is 1. The van der Waals surface area contributed by atoms with Crippen LogP contribution in [0.4, 0.5) is 0 Å². The Morgan fingerprint density at radius 2 is 1.94 bits per heavy atom. The predicted molar refractivity (Wildman–Crippen MR) is 126 cm³/mol. The molecule has 2 aromatic heterocycles. The number of pyridine rings is 1. The molecule has 2 aromatic carbocycles. The molecule has 0 unspecified atom stereocenters. The van der Waals surface area contributed by atoms with Crippen LogP contribution < -0.4 is 5.56 Å². The smallest absolute Gasteiger partial charge is 0.258 e. The van der Waals surface area contributed by atoms with E-state index in [4.69, 9.17) is 4.98 Å². The molecule has 0 radical (unpaired) electrons. The van der Waals surface area contributed by atoms with Gasteiger partial charge in [-0.1, -0.05) is 6.07 Å². The van der Waals surface area contributed by atoms with Gasteiger partial charge in [-0.05, 0) is 66.5 Å². The summed E-state index contributed by atoms with van der Waals surface area (Å²) in [6.07, 6.45) is 6.01. The molecule has 1 atom stereocenters. The molecule has 166 valence electrons. The maximum absolute atomic E-state index is 13.1. The van der Waals surface area contributed by atoms with Gasteiger partial charge in [0.2, 0.25) is 0 Å². The van der Waals surface area contributed by atoms with Crippen LogP contribution in [0, 0.1) is 5.41 Å². The average Bonchev–Trinajstić information content (AvgIpc) is 3.62. The zero-order valence-corrected chi connectivity index (χ0v) is 18.4. The highest BCUT2D eigenvalue weighted by molar-refractivity contribution is 5.97. The van der Waals surface area contributed by atoms with Crippen LogP contribution in [-0.4, -0.2) is 49.6 Å². The summed E-state index contributed by atoms with van der Waals surface area (Å²) >= 11 is 0. The van der Waals surface area contributed by atoms with E-state index >= 15 is 0 Å². The van der Waals surface area contributed by atoms with Gasteiger partial charge in [0.1, 0.15) is 0 Å². The Hall–Kier alpha value is -3.58. The minimum absolute atomic E-state index is 0.0396. The van der Waals surface area contributed by atoms with Crippen LogP contribution >= 0.6 is 0 Å². The second kappa shape index (κ2) is 7.22. The van der Waals surface area contributed by atoms with Crippen LogP contribution in [0.15, 0.2) is 59.7 Å². The van der Waals surface area contributed by atoms with Crippen molar-refractivity contribution >= 4 is 27.7 Å². The molecule has 1 spiro atoms. The molecule has 1 amide bonds. The summed E-state index contributed by atoms with van der Waals surface area (Å²) in [6, 6.07) is 12.9. The van der Waals surface area contributed by atoms with Crippen molar-refractivity contribution in [3.05, 3.63) is 70.8 Å². The van der Waals surface area contributed by atoms with Crippen molar-refractivity contribution in [1.82, 2.24) is 19.4 Å². The van der Waals surface area contributed by atoms with E-state index in [0.29, 0.717) is 40.8 Å². The third-order valence-corrected chi connectivity index (χ3v) is 7.32. The molecular formula is C26H24N4O3. The minimum atomic E-state index is -0.438. The van der Waals surface area contributed by atoms with Gasteiger partial charge < -0.3 is 14.6 Å². The molecule has 2 aliphatic rings. The average molecular weight is 441 g/mol. The van der Waals surface area contributed by atoms with Crippen molar-refractivity contribution in [2.24, 2.45) is 12.5 Å². The Morgan fingerprint density at radius 1 is 1.09 bits per heavy atom. The summed E-state index contributed by atoms with van der Waals surface area (Å²) in [7, 11) is 1.73. The number of β-amino-alcohol motifs (C(OH)–C–C–N with tert-alkyl or cyclic N) is 1. The third-order valence-electron chi connectivity index (χ3n) is 7.32. The molecule has 2 fully saturated rings. The van der Waals surface area contributed by atoms with E-state index in [2.05, 4.69) is 4.98 Å². The number of aromatic nitrogens is 3. The van der Waals surface area contributed by atoms with Crippen LogP contribution in [0.3, 0.4) is 0 Å². The van der Waals surface area contributed by atoms with Crippen molar-refractivity contribution < 1.29 is 9.90 Å². The van der Waals surface area contributed by atoms with Crippen molar-refractivity contribution in [2.75, 3.05) is 13.1 Å². The van der Waals surface area contributed by atoms with E-state index in [1.165, 1.54) is 0 Å². The normalized spacial score (nSPS) is 19.3. The van der Waals surface area contributed by atoms with Gasteiger partial charge in [0.25, 0.3) is 11.5 Å². The van der Waals surface area contributed by atoms with Crippen LogP contribution in [-0.2, 0) is 7.05 Å². The Morgan fingerprint density at radius 3 is 2.73 bits per heavy atom. The molecule has 1 saturated heterocycles. The standard InChI is InChI=1S/C26H24N4O3/c1-29-10-6-16-12-17(2-4-19(16)25(29)33)22-14-27-20-5-3-18(13-21(20)28-22)24(32)30-11-9-26(7-8-26)23(31)15-30/h2-6,10,12-14,23,31H,7-9,11,15H2,1H3/t23-/m0/s1. The maximum atomic E-state index is 13.1. The van der Waals surface area contributed by atoms with Gasteiger partial charge in [0.05, 0.1) is 29.0 Å². The van der Waals surface area contributed by atoms with Gasteiger partial charge >= 0.3 is 0 Å². The monoisotopic (exact) mass is 440 g/mol. The zero-order valence-electron chi connectivity index (χ0n) is 18.4. The number of hydrogen-bond acceptors (Lipinski definition) is 5. The number of aliphatic hydroxyl groups excluding tert-OH is 1. The van der Waals surface area contributed by atoms with E-state index in [-0.39, 0.29) is 16.9 Å². The first-order chi connectivity index (χ1) is 15.9. The van der Waals surface area contributed by atoms with Gasteiger partial charge in [-0.25, -0.2) is 4.98 Å². The lowest BCUT2D eigenvalue weighted by Gasteiger charge is -2.36. The number of amides is 1. The number of nitrogens with zero attached hydrogens (tertiary/aromatic N) is 4. The van der Waals surface area contributed by atoms with E-state index in [0.717, 1.165) is 30.2 Å². The SMILES string of the molecule is Cn1ccc2cc(-c3cnc4ccc(C(=O)N5CCC6(CC6)[C@@H](O)C5)cc4n3)ccc2c1=O. The van der Waals surface area contributed by atoms with Crippen LogP contribution in [0.1, 0.15) is 29.6 Å². The number of benzene rings is 2. The lowest BCUT2D eigenvalue weighted by molar-refractivity contribution is 0.00976. The van der Waals surface area contributed by atoms with Gasteiger partial charge in [0.15, 0.2) is 0 Å². The fraction of sp³-hybridized carbons (Fsp3) is 0.308. The van der Waals surface area contributed by atoms with Gasteiger partial charge in [-0.3, -0.25) is 14.6 Å². The summed E-state index contributed by atoms with van der Waals surface area (Å²) in [6.45, 7) is 1.06. The molecule has 1 N–H and O–H groups in total. The molecular weight excluding hydrogens is 416 g/mol. The molecule has 1 saturated carbocycles. The second-order valence-electron chi connectivity index (χ2n) is 9.37. The highest BCUT2D eigenvalue weighted by atomic mass is 16.3. The maximum Gasteiger partial charge on any atom is 0.258 e. The number of carbonyl (C=O) groups is 1. The number of hydrogen-bond donors (Lipinski definition) is 1. The highest BCUT2D eigenvalue weighted by Gasteiger charge is 2.51. The Kier molecular flexibility index (Phi) is 4.39. The molecule has 6 rings (SSSR count). The molecule has 7 heteroatoms. The molecule has 7 nitrogen and oxygen atoms in total. The fourth-order valence-electron chi connectivity index (χ4n) is 4.92. The fourth-order valence-corrected chi connectivity index (χ4v) is 4.92.